The number of aromatic hydroxyl groups is 1. The van der Waals surface area contributed by atoms with Crippen molar-refractivity contribution in [3.05, 3.63) is 63.6 Å². The molecule has 0 bridgehead atoms. The van der Waals surface area contributed by atoms with Crippen LogP contribution in [0.5, 0.6) is 5.75 Å². The number of aliphatic hydroxyl groups is 4. The van der Waals surface area contributed by atoms with Gasteiger partial charge in [0.1, 0.15) is 5.69 Å². The minimum atomic E-state index is -4.73. The topological polar surface area (TPSA) is 257 Å². The molecule has 4 aromatic rings. The van der Waals surface area contributed by atoms with E-state index in [-0.39, 0.29) is 62.9 Å². The summed E-state index contributed by atoms with van der Waals surface area (Å²) in [6.07, 6.45) is -3.89. The number of phenols is 1. The number of aryl methyl sites for hydroxylation is 1. The van der Waals surface area contributed by atoms with Crippen LogP contribution in [-0.4, -0.2) is 90.6 Å². The number of hydrogen-bond donors (Lipinski definition) is 8. The molecule has 1 aliphatic rings. The van der Waals surface area contributed by atoms with Crippen LogP contribution >= 0.6 is 0 Å². The minimum Gasteiger partial charge on any atom is -0.505 e. The lowest BCUT2D eigenvalue weighted by Crippen LogP contribution is -2.55. The van der Waals surface area contributed by atoms with Crippen molar-refractivity contribution >= 4 is 49.8 Å². The predicted molar refractivity (Wildman–Crippen MR) is 170 cm³/mol. The van der Waals surface area contributed by atoms with E-state index in [1.54, 1.807) is 6.92 Å². The molecule has 2 heterocycles. The SMILES string of the molecule is Cc1cc2cc(S(=O)(=O)O)cc(Nc3nc(N4CC(C)N(C)CC4C)nc(=O)[nH]3)c2c(O)c1N=Nc1cc(C(O)O)cc(C(O)O)c1. The second-order valence-corrected chi connectivity index (χ2v) is 12.9. The Balaban J connectivity index is 1.63. The highest BCUT2D eigenvalue weighted by Gasteiger charge is 2.29. The van der Waals surface area contributed by atoms with Crippen molar-refractivity contribution in [2.45, 2.75) is 50.3 Å². The number of nitrogens with one attached hydrogen (secondary N) is 2. The number of azo groups is 1. The summed E-state index contributed by atoms with van der Waals surface area (Å²) in [5.41, 5.74) is -0.731. The molecule has 1 saturated heterocycles. The lowest BCUT2D eigenvalue weighted by molar-refractivity contribution is -0.0474. The van der Waals surface area contributed by atoms with Crippen LogP contribution in [-0.2, 0) is 10.1 Å². The van der Waals surface area contributed by atoms with Gasteiger partial charge in [0, 0.05) is 41.7 Å². The van der Waals surface area contributed by atoms with Crippen LogP contribution in [0.1, 0.15) is 43.1 Å². The summed E-state index contributed by atoms with van der Waals surface area (Å²) in [7, 11) is -2.74. The lowest BCUT2D eigenvalue weighted by Gasteiger charge is -2.42. The van der Waals surface area contributed by atoms with E-state index in [1.807, 2.05) is 25.8 Å². The van der Waals surface area contributed by atoms with Gasteiger partial charge in [0.2, 0.25) is 11.9 Å². The number of aromatic amines is 1. The molecule has 0 aliphatic carbocycles. The lowest BCUT2D eigenvalue weighted by atomic mass is 10.0. The number of aliphatic hydroxyl groups excluding tert-OH is 2. The third kappa shape index (κ3) is 7.23. The highest BCUT2D eigenvalue weighted by Crippen LogP contribution is 2.44. The maximum Gasteiger partial charge on any atom is 0.351 e. The van der Waals surface area contributed by atoms with Gasteiger partial charge >= 0.3 is 5.69 Å². The van der Waals surface area contributed by atoms with Gasteiger partial charge in [0.05, 0.1) is 16.3 Å². The average Bonchev–Trinajstić information content (AvgIpc) is 2.97. The van der Waals surface area contributed by atoms with Crippen LogP contribution in [0.15, 0.2) is 56.3 Å². The quantitative estimate of drug-likeness (QED) is 0.0760. The fourth-order valence-corrected chi connectivity index (χ4v) is 5.93. The van der Waals surface area contributed by atoms with E-state index in [2.05, 4.69) is 35.4 Å². The number of anilines is 3. The Kier molecular flexibility index (Phi) is 9.29. The van der Waals surface area contributed by atoms with Gasteiger partial charge in [-0.2, -0.15) is 23.5 Å². The van der Waals surface area contributed by atoms with Crippen molar-refractivity contribution in [1.29, 1.82) is 0 Å². The first-order chi connectivity index (χ1) is 22.0. The largest absolute Gasteiger partial charge is 0.505 e. The Morgan fingerprint density at radius 1 is 0.957 bits per heavy atom. The molecule has 0 spiro atoms. The number of rotatable bonds is 8. The second-order valence-electron chi connectivity index (χ2n) is 11.5. The zero-order valence-electron chi connectivity index (χ0n) is 25.7. The Labute approximate surface area is 268 Å². The number of hydrogen-bond acceptors (Lipinski definition) is 15. The highest BCUT2D eigenvalue weighted by molar-refractivity contribution is 7.85. The minimum absolute atomic E-state index is 0.00351. The molecule has 18 heteroatoms. The van der Waals surface area contributed by atoms with Crippen LogP contribution in [0.3, 0.4) is 0 Å². The summed E-state index contributed by atoms with van der Waals surface area (Å²) in [5, 5.41) is 61.1. The molecule has 5 rings (SSSR count). The zero-order valence-corrected chi connectivity index (χ0v) is 26.5. The van der Waals surface area contributed by atoms with Crippen molar-refractivity contribution in [2.75, 3.05) is 30.4 Å². The van der Waals surface area contributed by atoms with E-state index in [0.29, 0.717) is 18.7 Å². The van der Waals surface area contributed by atoms with Crippen LogP contribution in [0.4, 0.5) is 29.0 Å². The molecule has 0 amide bonds. The molecule has 1 aliphatic heterocycles. The Hall–Kier alpha value is -4.56. The maximum atomic E-state index is 12.6. The van der Waals surface area contributed by atoms with E-state index in [9.17, 15) is 43.3 Å². The third-order valence-electron chi connectivity index (χ3n) is 7.92. The summed E-state index contributed by atoms with van der Waals surface area (Å²) < 4.78 is 34.3. The summed E-state index contributed by atoms with van der Waals surface area (Å²) in [6, 6.07) is 7.43. The van der Waals surface area contributed by atoms with Gasteiger partial charge < -0.3 is 35.7 Å². The summed E-state index contributed by atoms with van der Waals surface area (Å²) in [5.74, 6) is -0.451. The van der Waals surface area contributed by atoms with Crippen molar-refractivity contribution in [2.24, 2.45) is 10.2 Å². The summed E-state index contributed by atoms with van der Waals surface area (Å²) in [6.45, 7) is 6.78. The predicted octanol–water partition coefficient (Wildman–Crippen LogP) is 2.23. The third-order valence-corrected chi connectivity index (χ3v) is 8.75. The smallest absolute Gasteiger partial charge is 0.351 e. The molecule has 1 fully saturated rings. The molecular weight excluding hydrogens is 636 g/mol. The number of nitrogens with zero attached hydrogens (tertiary/aromatic N) is 6. The number of H-pyrrole nitrogens is 1. The van der Waals surface area contributed by atoms with E-state index < -0.39 is 39.0 Å². The fourth-order valence-electron chi connectivity index (χ4n) is 5.38. The number of aromatic nitrogens is 3. The van der Waals surface area contributed by atoms with Crippen molar-refractivity contribution in [1.82, 2.24) is 19.9 Å². The molecule has 1 aromatic heterocycles. The number of benzene rings is 3. The Morgan fingerprint density at radius 2 is 1.62 bits per heavy atom. The second kappa shape index (κ2) is 12.9. The zero-order chi connectivity index (χ0) is 34.4. The van der Waals surface area contributed by atoms with E-state index >= 15 is 0 Å². The molecule has 3 aromatic carbocycles. The average molecular weight is 671 g/mol. The van der Waals surface area contributed by atoms with Gasteiger partial charge in [-0.3, -0.25) is 14.4 Å². The van der Waals surface area contributed by atoms with Crippen LogP contribution < -0.4 is 15.9 Å². The van der Waals surface area contributed by atoms with Gasteiger partial charge in [0.15, 0.2) is 18.3 Å². The molecule has 0 radical (unpaired) electrons. The van der Waals surface area contributed by atoms with E-state index in [4.69, 9.17) is 0 Å². The van der Waals surface area contributed by atoms with Crippen LogP contribution in [0.2, 0.25) is 0 Å². The molecular formula is C29H34N8O9S. The molecule has 2 atom stereocenters. The molecule has 0 saturated carbocycles. The van der Waals surface area contributed by atoms with Crippen LogP contribution in [0.25, 0.3) is 10.8 Å². The maximum absolute atomic E-state index is 12.6. The van der Waals surface area contributed by atoms with Crippen molar-refractivity contribution < 1.29 is 38.5 Å². The number of likely N-dealkylation sites (N-methyl/N-ethyl adjacent to an activating group) is 1. The standard InChI is InChI=1S/C29H34N8O9S/c1-13-5-16-9-20(47(44,45)46)10-21(30-27-31-28(33-29(43)32-27)37-12-14(2)36(4)11-15(37)3)22(16)24(38)23(13)35-34-19-7-17(25(39)40)6-18(8-19)26(41)42/h5-10,14-15,25-26,38-42H,11-12H2,1-4H3,(H,44,45,46)(H2,30,31,32,33,43). The summed E-state index contributed by atoms with van der Waals surface area (Å²) >= 11 is 0. The Morgan fingerprint density at radius 3 is 2.23 bits per heavy atom. The molecule has 17 nitrogen and oxygen atoms in total. The normalized spacial score (nSPS) is 17.8. The van der Waals surface area contributed by atoms with Gasteiger partial charge in [0.25, 0.3) is 10.1 Å². The van der Waals surface area contributed by atoms with Gasteiger partial charge in [-0.15, -0.1) is 5.11 Å². The van der Waals surface area contributed by atoms with E-state index in [0.717, 1.165) is 18.2 Å². The first kappa shape index (κ1) is 33.8. The van der Waals surface area contributed by atoms with Crippen molar-refractivity contribution in [3.8, 4) is 5.75 Å². The van der Waals surface area contributed by atoms with Crippen LogP contribution in [0, 0.1) is 6.92 Å². The molecule has 8 N–H and O–H groups in total. The number of piperazine rings is 1. The molecule has 47 heavy (non-hydrogen) atoms. The first-order valence-electron chi connectivity index (χ1n) is 14.3. The van der Waals surface area contributed by atoms with Crippen molar-refractivity contribution in [3.63, 3.8) is 0 Å². The van der Waals surface area contributed by atoms with Gasteiger partial charge in [-0.05, 0) is 75.2 Å². The molecule has 250 valence electrons. The summed E-state index contributed by atoms with van der Waals surface area (Å²) in [4.78, 5) is 27.1. The fraction of sp³-hybridized carbons (Fsp3) is 0.345. The Bertz CT molecular complexity index is 2010. The molecule has 2 unspecified atom stereocenters. The van der Waals surface area contributed by atoms with Gasteiger partial charge in [-0.1, -0.05) is 0 Å². The number of phenolic OH excluding ortho intramolecular Hbond substituents is 1. The van der Waals surface area contributed by atoms with E-state index in [1.165, 1.54) is 18.2 Å². The number of fused-ring (bicyclic) bond motifs is 1. The monoisotopic (exact) mass is 670 g/mol. The van der Waals surface area contributed by atoms with Gasteiger partial charge in [-0.25, -0.2) is 4.79 Å². The highest BCUT2D eigenvalue weighted by atomic mass is 32.2. The first-order valence-corrected chi connectivity index (χ1v) is 15.7.